The minimum Gasteiger partial charge on any atom is -0.366 e. The van der Waals surface area contributed by atoms with E-state index >= 15 is 0 Å². The second-order valence-corrected chi connectivity index (χ2v) is 9.72. The Morgan fingerprint density at radius 2 is 1.80 bits per heavy atom. The summed E-state index contributed by atoms with van der Waals surface area (Å²) < 4.78 is 72.8. The smallest absolute Gasteiger partial charge is 0.300 e. The van der Waals surface area contributed by atoms with Crippen molar-refractivity contribution in [3.05, 3.63) is 82.3 Å². The average Bonchev–Trinajstić information content (AvgIpc) is 3.57. The van der Waals surface area contributed by atoms with E-state index in [9.17, 15) is 26.4 Å². The summed E-state index contributed by atoms with van der Waals surface area (Å²) in [5, 5.41) is 2.66. The Kier molecular flexibility index (Phi) is 6.68. The molecule has 1 saturated carbocycles. The second kappa shape index (κ2) is 9.55. The fourth-order valence-corrected chi connectivity index (χ4v) is 4.53. The van der Waals surface area contributed by atoms with E-state index in [1.165, 1.54) is 24.4 Å². The number of anilines is 3. The molecule has 12 heteroatoms. The first-order chi connectivity index (χ1) is 16.5. The van der Waals surface area contributed by atoms with Crippen LogP contribution in [0.1, 0.15) is 39.9 Å². The molecule has 0 radical (unpaired) electrons. The van der Waals surface area contributed by atoms with E-state index in [4.69, 9.17) is 5.73 Å². The van der Waals surface area contributed by atoms with E-state index in [-0.39, 0.29) is 40.5 Å². The monoisotopic (exact) mass is 505 g/mol. The van der Waals surface area contributed by atoms with Gasteiger partial charge in [0.15, 0.2) is 11.6 Å². The van der Waals surface area contributed by atoms with Gasteiger partial charge in [0, 0.05) is 18.7 Å². The SMILES string of the molecule is Cc1ccc(Nc2cc(F)c(Cc3ccnc(NS(=O)(=O)NC4CC4)c3F)cc2C(N)=O)c(F)c1. The van der Waals surface area contributed by atoms with Crippen LogP contribution < -0.4 is 20.5 Å². The van der Waals surface area contributed by atoms with Crippen molar-refractivity contribution in [1.29, 1.82) is 0 Å². The number of carbonyl (C=O) groups excluding carboxylic acids is 1. The van der Waals surface area contributed by atoms with Crippen molar-refractivity contribution in [1.82, 2.24) is 9.71 Å². The van der Waals surface area contributed by atoms with Gasteiger partial charge in [0.05, 0.1) is 16.9 Å². The number of aromatic nitrogens is 1. The van der Waals surface area contributed by atoms with Gasteiger partial charge in [-0.3, -0.25) is 9.52 Å². The van der Waals surface area contributed by atoms with Gasteiger partial charge in [0.2, 0.25) is 0 Å². The molecular weight excluding hydrogens is 483 g/mol. The van der Waals surface area contributed by atoms with Gasteiger partial charge in [-0.05, 0) is 66.8 Å². The summed E-state index contributed by atoms with van der Waals surface area (Å²) in [5.41, 5.74) is 5.80. The van der Waals surface area contributed by atoms with Gasteiger partial charge >= 0.3 is 10.2 Å². The van der Waals surface area contributed by atoms with Crippen LogP contribution in [-0.4, -0.2) is 25.4 Å². The van der Waals surface area contributed by atoms with E-state index in [2.05, 4.69) is 15.0 Å². The van der Waals surface area contributed by atoms with Crippen molar-refractivity contribution in [3.63, 3.8) is 0 Å². The Bertz CT molecular complexity index is 1410. The van der Waals surface area contributed by atoms with Crippen molar-refractivity contribution in [2.45, 2.75) is 32.2 Å². The maximum atomic E-state index is 15.0. The Morgan fingerprint density at radius 3 is 2.46 bits per heavy atom. The zero-order valence-electron chi connectivity index (χ0n) is 18.5. The fraction of sp³-hybridized carbons (Fsp3) is 0.217. The van der Waals surface area contributed by atoms with Crippen LogP contribution in [0.3, 0.4) is 0 Å². The Labute approximate surface area is 199 Å². The Morgan fingerprint density at radius 1 is 1.06 bits per heavy atom. The molecule has 1 heterocycles. The van der Waals surface area contributed by atoms with Gasteiger partial charge in [0.1, 0.15) is 11.6 Å². The van der Waals surface area contributed by atoms with Crippen LogP contribution in [0.2, 0.25) is 0 Å². The molecule has 4 rings (SSSR count). The molecule has 184 valence electrons. The highest BCUT2D eigenvalue weighted by atomic mass is 32.2. The fourth-order valence-electron chi connectivity index (χ4n) is 3.40. The third-order valence-electron chi connectivity index (χ3n) is 5.33. The van der Waals surface area contributed by atoms with Crippen molar-refractivity contribution in [3.8, 4) is 0 Å². The third kappa shape index (κ3) is 5.89. The van der Waals surface area contributed by atoms with Crippen LogP contribution in [0.15, 0.2) is 42.6 Å². The van der Waals surface area contributed by atoms with E-state index in [1.807, 2.05) is 4.72 Å². The van der Waals surface area contributed by atoms with E-state index in [0.717, 1.165) is 12.1 Å². The molecule has 35 heavy (non-hydrogen) atoms. The van der Waals surface area contributed by atoms with Crippen LogP contribution in [0.4, 0.5) is 30.4 Å². The summed E-state index contributed by atoms with van der Waals surface area (Å²) in [4.78, 5) is 15.8. The van der Waals surface area contributed by atoms with Gasteiger partial charge in [-0.1, -0.05) is 6.07 Å². The van der Waals surface area contributed by atoms with E-state index < -0.39 is 39.4 Å². The first kappa shape index (κ1) is 24.5. The van der Waals surface area contributed by atoms with E-state index in [1.54, 1.807) is 13.0 Å². The number of aryl methyl sites for hydroxylation is 1. The molecule has 0 saturated heterocycles. The van der Waals surface area contributed by atoms with Crippen LogP contribution in [0.25, 0.3) is 0 Å². The van der Waals surface area contributed by atoms with Crippen molar-refractivity contribution < 1.29 is 26.4 Å². The maximum absolute atomic E-state index is 15.0. The highest BCUT2D eigenvalue weighted by Gasteiger charge is 2.28. The number of primary amides is 1. The highest BCUT2D eigenvalue weighted by Crippen LogP contribution is 2.29. The molecule has 3 aromatic rings. The topological polar surface area (TPSA) is 126 Å². The lowest BCUT2D eigenvalue weighted by Gasteiger charge is -2.15. The third-order valence-corrected chi connectivity index (χ3v) is 6.43. The molecule has 8 nitrogen and oxygen atoms in total. The number of nitrogens with two attached hydrogens (primary N) is 1. The number of hydrogen-bond acceptors (Lipinski definition) is 5. The summed E-state index contributed by atoms with van der Waals surface area (Å²) in [6.07, 6.45) is 2.24. The molecule has 0 spiro atoms. The molecule has 1 amide bonds. The number of carbonyl (C=O) groups is 1. The zero-order valence-corrected chi connectivity index (χ0v) is 19.3. The number of pyridine rings is 1. The van der Waals surface area contributed by atoms with Gasteiger partial charge in [-0.15, -0.1) is 0 Å². The van der Waals surface area contributed by atoms with Gasteiger partial charge in [0.25, 0.3) is 5.91 Å². The number of nitrogens with zero attached hydrogens (tertiary/aromatic N) is 1. The number of benzene rings is 2. The summed E-state index contributed by atoms with van der Waals surface area (Å²) in [6.45, 7) is 1.70. The largest absolute Gasteiger partial charge is 0.366 e. The van der Waals surface area contributed by atoms with Crippen molar-refractivity contribution in [2.24, 2.45) is 5.73 Å². The summed E-state index contributed by atoms with van der Waals surface area (Å²) in [6, 6.07) is 7.53. The lowest BCUT2D eigenvalue weighted by atomic mass is 10.0. The molecule has 1 aliphatic carbocycles. The zero-order chi connectivity index (χ0) is 25.3. The molecule has 1 aliphatic rings. The average molecular weight is 506 g/mol. The van der Waals surface area contributed by atoms with Gasteiger partial charge < -0.3 is 11.1 Å². The van der Waals surface area contributed by atoms with Crippen molar-refractivity contribution >= 4 is 33.3 Å². The Balaban J connectivity index is 1.62. The number of amides is 1. The normalized spacial score (nSPS) is 13.5. The number of nitrogens with one attached hydrogen (secondary N) is 3. The summed E-state index contributed by atoms with van der Waals surface area (Å²) in [5.74, 6) is -3.85. The number of halogens is 3. The molecule has 0 atom stereocenters. The van der Waals surface area contributed by atoms with E-state index in [0.29, 0.717) is 18.4 Å². The molecular formula is C23H22F3N5O3S. The maximum Gasteiger partial charge on any atom is 0.300 e. The standard InChI is InChI=1S/C23H22F3N5O3S/c1-12-2-5-19(18(25)8-12)29-20-11-17(24)14(10-16(20)22(27)32)9-13-6-7-28-23(21(13)26)31-35(33,34)30-15-3-4-15/h2,5-8,10-11,15,29-30H,3-4,9H2,1H3,(H2,27,32)(H,28,31). The Hall–Kier alpha value is -3.64. The lowest BCUT2D eigenvalue weighted by Crippen LogP contribution is -2.32. The molecule has 0 unspecified atom stereocenters. The first-order valence-electron chi connectivity index (χ1n) is 10.6. The molecule has 0 bridgehead atoms. The summed E-state index contributed by atoms with van der Waals surface area (Å²) >= 11 is 0. The lowest BCUT2D eigenvalue weighted by molar-refractivity contribution is 0.100. The molecule has 1 aromatic heterocycles. The van der Waals surface area contributed by atoms with Crippen LogP contribution in [0.5, 0.6) is 0 Å². The number of hydrogen-bond donors (Lipinski definition) is 4. The van der Waals surface area contributed by atoms with Crippen molar-refractivity contribution in [2.75, 3.05) is 10.0 Å². The predicted molar refractivity (Wildman–Crippen MR) is 125 cm³/mol. The minimum absolute atomic E-state index is 0.0159. The highest BCUT2D eigenvalue weighted by molar-refractivity contribution is 7.90. The van der Waals surface area contributed by atoms with Crippen LogP contribution in [-0.2, 0) is 16.6 Å². The summed E-state index contributed by atoms with van der Waals surface area (Å²) in [7, 11) is -4.03. The molecule has 2 aromatic carbocycles. The molecule has 1 fully saturated rings. The quantitative estimate of drug-likeness (QED) is 0.353. The number of rotatable bonds is 9. The van der Waals surface area contributed by atoms with Gasteiger partial charge in [-0.25, -0.2) is 18.2 Å². The first-order valence-corrected chi connectivity index (χ1v) is 12.1. The predicted octanol–water partition coefficient (Wildman–Crippen LogP) is 3.65. The molecule has 0 aliphatic heterocycles. The van der Waals surface area contributed by atoms with Gasteiger partial charge in [-0.2, -0.15) is 13.1 Å². The molecule has 5 N–H and O–H groups in total. The van der Waals surface area contributed by atoms with Crippen LogP contribution in [0, 0.1) is 24.4 Å². The van der Waals surface area contributed by atoms with Crippen LogP contribution >= 0.6 is 0 Å². The minimum atomic E-state index is -4.03. The second-order valence-electron chi connectivity index (χ2n) is 8.27.